The molecule has 0 saturated carbocycles. The van der Waals surface area contributed by atoms with E-state index in [9.17, 15) is 19.5 Å². The number of aliphatic hydroxyl groups is 1. The molecule has 0 aromatic heterocycles. The molecule has 2 amide bonds. The average molecular weight is 635 g/mol. The molecule has 1 aromatic carbocycles. The monoisotopic (exact) mass is 634 g/mol. The summed E-state index contributed by atoms with van der Waals surface area (Å²) in [6.45, 7) is 8.95. The van der Waals surface area contributed by atoms with E-state index in [0.29, 0.717) is 17.9 Å². The Morgan fingerprint density at radius 1 is 1.25 bits per heavy atom. The molecule has 0 spiro atoms. The maximum atomic E-state index is 13.8. The molecule has 12 heteroatoms. The minimum Gasteiger partial charge on any atom is -0.495 e. The third-order valence-corrected chi connectivity index (χ3v) is 9.06. The smallest absolute Gasteiger partial charge is 0.409 e. The number of hydrogen-bond donors (Lipinski definition) is 2. The number of benzene rings is 1. The predicted octanol–water partition coefficient (Wildman–Crippen LogP) is 4.32. The summed E-state index contributed by atoms with van der Waals surface area (Å²) in [5.74, 6) is -1.30. The fourth-order valence-electron chi connectivity index (χ4n) is 5.88. The number of esters is 1. The van der Waals surface area contributed by atoms with Gasteiger partial charge in [-0.15, -0.1) is 0 Å². The van der Waals surface area contributed by atoms with Crippen LogP contribution in [-0.4, -0.2) is 80.1 Å². The van der Waals surface area contributed by atoms with Gasteiger partial charge in [-0.1, -0.05) is 56.2 Å². The van der Waals surface area contributed by atoms with Crippen molar-refractivity contribution >= 4 is 35.3 Å². The Morgan fingerprint density at radius 2 is 1.95 bits per heavy atom. The molecule has 4 rings (SSSR count). The van der Waals surface area contributed by atoms with Crippen LogP contribution in [0.2, 0.25) is 5.02 Å². The first kappa shape index (κ1) is 33.8. The highest BCUT2D eigenvalue weighted by molar-refractivity contribution is 6.35. The summed E-state index contributed by atoms with van der Waals surface area (Å²) >= 11 is 6.68. The lowest BCUT2D eigenvalue weighted by molar-refractivity contribution is -0.157. The number of hydrogen-bond acceptors (Lipinski definition) is 9. The van der Waals surface area contributed by atoms with Gasteiger partial charge in [-0.05, 0) is 38.0 Å². The molecule has 2 N–H and O–H groups in total. The van der Waals surface area contributed by atoms with Gasteiger partial charge in [-0.3, -0.25) is 14.9 Å². The lowest BCUT2D eigenvalue weighted by Gasteiger charge is -2.42. The van der Waals surface area contributed by atoms with Crippen molar-refractivity contribution in [1.29, 1.82) is 0 Å². The highest BCUT2D eigenvalue weighted by Crippen LogP contribution is 2.49. The first-order chi connectivity index (χ1) is 20.6. The topological polar surface area (TPSA) is 136 Å². The summed E-state index contributed by atoms with van der Waals surface area (Å²) < 4.78 is 28.8. The van der Waals surface area contributed by atoms with Crippen molar-refractivity contribution < 1.29 is 43.2 Å². The van der Waals surface area contributed by atoms with Gasteiger partial charge < -0.3 is 33.7 Å². The van der Waals surface area contributed by atoms with Crippen LogP contribution in [0.15, 0.2) is 35.9 Å². The van der Waals surface area contributed by atoms with E-state index < -0.39 is 59.6 Å². The van der Waals surface area contributed by atoms with E-state index in [1.165, 1.54) is 19.1 Å². The highest BCUT2D eigenvalue weighted by Gasteiger charge is 2.64. The zero-order valence-corrected chi connectivity index (χ0v) is 27.3. The highest BCUT2D eigenvalue weighted by atomic mass is 35.5. The fourth-order valence-corrected chi connectivity index (χ4v) is 6.19. The molecule has 11 nitrogen and oxygen atoms in total. The van der Waals surface area contributed by atoms with Crippen molar-refractivity contribution in [1.82, 2.24) is 5.32 Å². The van der Waals surface area contributed by atoms with Crippen molar-refractivity contribution in [3.63, 3.8) is 0 Å². The van der Waals surface area contributed by atoms with Gasteiger partial charge in [0.2, 0.25) is 5.91 Å². The van der Waals surface area contributed by atoms with Crippen LogP contribution in [0.4, 0.5) is 10.5 Å². The number of epoxide rings is 1. The van der Waals surface area contributed by atoms with Gasteiger partial charge in [-0.25, -0.2) is 4.79 Å². The zero-order chi connectivity index (χ0) is 32.6. The van der Waals surface area contributed by atoms with Crippen molar-refractivity contribution in [3.05, 3.63) is 46.5 Å². The van der Waals surface area contributed by atoms with E-state index in [1.54, 1.807) is 40.0 Å². The number of carbonyl (C=O) groups excluding carboxylic acids is 3. The number of fused-ring (bicyclic) bond motifs is 5. The Balaban J connectivity index is 1.80. The van der Waals surface area contributed by atoms with Gasteiger partial charge in [-0.2, -0.15) is 0 Å². The van der Waals surface area contributed by atoms with Gasteiger partial charge in [0.25, 0.3) is 0 Å². The van der Waals surface area contributed by atoms with Crippen LogP contribution in [0.3, 0.4) is 0 Å². The molecule has 3 heterocycles. The summed E-state index contributed by atoms with van der Waals surface area (Å²) in [5.41, 5.74) is -0.587. The van der Waals surface area contributed by atoms with Crippen molar-refractivity contribution in [2.75, 3.05) is 26.2 Å². The van der Waals surface area contributed by atoms with Gasteiger partial charge in [0, 0.05) is 26.5 Å². The van der Waals surface area contributed by atoms with Crippen molar-refractivity contribution in [2.24, 2.45) is 11.8 Å². The summed E-state index contributed by atoms with van der Waals surface area (Å²) in [7, 11) is 4.56. The number of nitrogens with zero attached hydrogens (tertiary/aromatic N) is 1. The van der Waals surface area contributed by atoms with Crippen LogP contribution in [0.1, 0.15) is 53.0 Å². The predicted molar refractivity (Wildman–Crippen MR) is 164 cm³/mol. The third-order valence-electron chi connectivity index (χ3n) is 8.68. The van der Waals surface area contributed by atoms with Gasteiger partial charge in [0.05, 0.1) is 31.2 Å². The SMILES string of the molecule is COc1cc2cc(c1Cl)N(C)C(=O)C[C@H](OC(=O)C(C)C)C1(C)OC1[C@H](C)C1C[C@@](O)(NC(=O)O1)[C@H](OC)C=CC=C(C)C2. The number of halogens is 1. The summed E-state index contributed by atoms with van der Waals surface area (Å²) in [6.07, 6.45) is 1.65. The van der Waals surface area contributed by atoms with Crippen LogP contribution >= 0.6 is 11.6 Å². The zero-order valence-electron chi connectivity index (χ0n) is 26.5. The van der Waals surface area contributed by atoms with E-state index in [1.807, 2.05) is 32.1 Å². The number of carbonyl (C=O) groups is 3. The van der Waals surface area contributed by atoms with Crippen LogP contribution in [0, 0.1) is 11.8 Å². The number of rotatable bonds is 4. The van der Waals surface area contributed by atoms with E-state index in [0.717, 1.165) is 11.1 Å². The summed E-state index contributed by atoms with van der Waals surface area (Å²) in [6, 6.07) is 3.63. The molecule has 2 fully saturated rings. The van der Waals surface area contributed by atoms with Crippen LogP contribution in [0.25, 0.3) is 0 Å². The van der Waals surface area contributed by atoms with E-state index in [2.05, 4.69) is 5.32 Å². The molecule has 0 radical (unpaired) electrons. The number of ether oxygens (including phenoxy) is 5. The Labute approximate surface area is 263 Å². The molecule has 242 valence electrons. The molecule has 4 bridgehead atoms. The fraction of sp³-hybridized carbons (Fsp3) is 0.594. The maximum absolute atomic E-state index is 13.8. The summed E-state index contributed by atoms with van der Waals surface area (Å²) in [5, 5.41) is 14.4. The molecule has 7 atom stereocenters. The average Bonchev–Trinajstić information content (AvgIpc) is 3.66. The number of nitrogens with one attached hydrogen (secondary N) is 1. The Kier molecular flexibility index (Phi) is 10.0. The second-order valence-corrected chi connectivity index (χ2v) is 12.8. The molecular formula is C32H43ClN2O9. The largest absolute Gasteiger partial charge is 0.495 e. The normalized spacial score (nSPS) is 32.8. The Hall–Kier alpha value is -3.12. The molecule has 1 aromatic rings. The van der Waals surface area contributed by atoms with Crippen LogP contribution in [-0.2, 0) is 35.0 Å². The minimum atomic E-state index is -1.77. The number of methoxy groups -OCH3 is 2. The molecule has 3 aliphatic heterocycles. The molecule has 44 heavy (non-hydrogen) atoms. The quantitative estimate of drug-likeness (QED) is 0.366. The maximum Gasteiger partial charge on any atom is 0.409 e. The second-order valence-electron chi connectivity index (χ2n) is 12.4. The summed E-state index contributed by atoms with van der Waals surface area (Å²) in [4.78, 5) is 40.7. The van der Waals surface area contributed by atoms with Gasteiger partial charge in [0.1, 0.15) is 34.7 Å². The standard InChI is InChI=1S/C32H43ClN2O9/c1-17(2)29(37)43-25-15-26(36)35(6)21-13-20(14-22(40-7)27(21)33)12-18(3)10-9-11-24(41-8)32(39)16-23(42-30(38)34-32)19(4)28-31(25,5)44-28/h9-11,13-14,17,19,23-25,28,39H,12,15-16H2,1-8H3,(H,34,38)/t19-,23?,24-,25+,28?,31?,32+/m1/s1. The van der Waals surface area contributed by atoms with Crippen LogP contribution < -0.4 is 15.0 Å². The van der Waals surface area contributed by atoms with Crippen molar-refractivity contribution in [3.8, 4) is 5.75 Å². The number of anilines is 1. The molecule has 3 aliphatic rings. The first-order valence-electron chi connectivity index (χ1n) is 14.7. The number of allylic oxidation sites excluding steroid dienone is 3. The first-order valence-corrected chi connectivity index (χ1v) is 15.1. The third kappa shape index (κ3) is 6.91. The Morgan fingerprint density at radius 3 is 2.59 bits per heavy atom. The van der Waals surface area contributed by atoms with Gasteiger partial charge in [0.15, 0.2) is 5.72 Å². The molecular weight excluding hydrogens is 592 g/mol. The number of amides is 2. The van der Waals surface area contributed by atoms with Gasteiger partial charge >= 0.3 is 12.1 Å². The second kappa shape index (κ2) is 13.1. The minimum absolute atomic E-state index is 0.00361. The number of alkyl carbamates (subject to hydrolysis) is 1. The van der Waals surface area contributed by atoms with E-state index in [4.69, 9.17) is 35.3 Å². The Bertz CT molecular complexity index is 1350. The van der Waals surface area contributed by atoms with E-state index >= 15 is 0 Å². The lowest BCUT2D eigenvalue weighted by Crippen LogP contribution is -2.63. The van der Waals surface area contributed by atoms with Crippen molar-refractivity contribution in [2.45, 2.75) is 89.6 Å². The molecule has 3 unspecified atom stereocenters. The molecule has 0 aliphatic carbocycles. The van der Waals surface area contributed by atoms with E-state index in [-0.39, 0.29) is 23.8 Å². The molecule has 2 saturated heterocycles. The lowest BCUT2D eigenvalue weighted by atomic mass is 9.83. The van der Waals surface area contributed by atoms with Crippen LogP contribution in [0.5, 0.6) is 5.75 Å².